The van der Waals surface area contributed by atoms with Gasteiger partial charge in [0.15, 0.2) is 0 Å². The number of carbonyl (C=O) groups excluding carboxylic acids is 3. The molecule has 29 heavy (non-hydrogen) atoms. The average Bonchev–Trinajstić information content (AvgIpc) is 3.05. The van der Waals surface area contributed by atoms with Crippen LogP contribution < -0.4 is 10.2 Å². The molecule has 0 unspecified atom stereocenters. The number of rotatable bonds is 3. The van der Waals surface area contributed by atoms with E-state index in [2.05, 4.69) is 9.88 Å². The lowest BCUT2D eigenvalue weighted by Crippen LogP contribution is -2.54. The van der Waals surface area contributed by atoms with Crippen LogP contribution in [0.4, 0.5) is 14.9 Å². The third-order valence-corrected chi connectivity index (χ3v) is 4.81. The smallest absolute Gasteiger partial charge is 0.335 e. The Labute approximate surface area is 166 Å². The van der Waals surface area contributed by atoms with Crippen molar-refractivity contribution in [3.05, 3.63) is 71.7 Å². The fraction of sp³-hybridized carbons (Fsp3) is 0.136. The van der Waals surface area contributed by atoms with Crippen molar-refractivity contribution >= 4 is 40.5 Å². The number of imide groups is 2. The van der Waals surface area contributed by atoms with Crippen LogP contribution in [0.1, 0.15) is 25.5 Å². The van der Waals surface area contributed by atoms with Gasteiger partial charge in [-0.05, 0) is 50.3 Å². The van der Waals surface area contributed by atoms with Crippen molar-refractivity contribution in [2.24, 2.45) is 0 Å². The van der Waals surface area contributed by atoms with Crippen LogP contribution in [-0.4, -0.2) is 22.4 Å². The fourth-order valence-corrected chi connectivity index (χ4v) is 3.41. The van der Waals surface area contributed by atoms with Gasteiger partial charge in [0.1, 0.15) is 11.4 Å². The van der Waals surface area contributed by atoms with Crippen molar-refractivity contribution < 1.29 is 18.8 Å². The molecule has 0 radical (unpaired) electrons. The molecule has 1 aromatic heterocycles. The highest BCUT2D eigenvalue weighted by molar-refractivity contribution is 6.39. The molecule has 146 valence electrons. The molecule has 1 saturated heterocycles. The zero-order chi connectivity index (χ0) is 20.7. The number of fused-ring (bicyclic) bond motifs is 1. The molecule has 0 atom stereocenters. The van der Waals surface area contributed by atoms with Crippen LogP contribution in [0.15, 0.2) is 60.3 Å². The quantitative estimate of drug-likeness (QED) is 0.541. The van der Waals surface area contributed by atoms with Crippen molar-refractivity contribution in [1.82, 2.24) is 9.88 Å². The third kappa shape index (κ3) is 3.20. The molecule has 7 heteroatoms. The normalized spacial score (nSPS) is 16.2. The van der Waals surface area contributed by atoms with Crippen molar-refractivity contribution in [2.75, 3.05) is 4.90 Å². The lowest BCUT2D eigenvalue weighted by molar-refractivity contribution is -0.122. The number of nitrogens with one attached hydrogen (secondary N) is 1. The summed E-state index contributed by atoms with van der Waals surface area (Å²) >= 11 is 0. The summed E-state index contributed by atoms with van der Waals surface area (Å²) in [5, 5.41) is 3.07. The number of carbonyl (C=O) groups is 3. The summed E-state index contributed by atoms with van der Waals surface area (Å²) in [5.41, 5.74) is 1.68. The van der Waals surface area contributed by atoms with Crippen LogP contribution in [-0.2, 0) is 9.59 Å². The topological polar surface area (TPSA) is 71.4 Å². The SMILES string of the molecule is CC(C)n1cc(/C=C2\C(=O)NC(=O)N(c3ccc(F)cc3)C2=O)c2ccccc21. The van der Waals surface area contributed by atoms with Gasteiger partial charge < -0.3 is 4.57 Å². The van der Waals surface area contributed by atoms with Crippen LogP contribution in [0.5, 0.6) is 0 Å². The fourth-order valence-electron chi connectivity index (χ4n) is 3.41. The number of hydrogen-bond donors (Lipinski definition) is 1. The van der Waals surface area contributed by atoms with E-state index in [-0.39, 0.29) is 17.3 Å². The van der Waals surface area contributed by atoms with Gasteiger partial charge in [0, 0.05) is 28.7 Å². The number of para-hydroxylation sites is 1. The van der Waals surface area contributed by atoms with Gasteiger partial charge in [-0.15, -0.1) is 0 Å². The number of anilines is 1. The van der Waals surface area contributed by atoms with Crippen LogP contribution in [0.25, 0.3) is 17.0 Å². The largest absolute Gasteiger partial charge is 0.344 e. The Hall–Kier alpha value is -3.74. The molecule has 4 rings (SSSR count). The molecule has 6 nitrogen and oxygen atoms in total. The summed E-state index contributed by atoms with van der Waals surface area (Å²) in [5.74, 6) is -2.02. The van der Waals surface area contributed by atoms with Crippen LogP contribution in [0, 0.1) is 5.82 Å². The second kappa shape index (κ2) is 7.01. The number of benzene rings is 2. The number of halogens is 1. The van der Waals surface area contributed by atoms with E-state index in [0.717, 1.165) is 27.9 Å². The summed E-state index contributed by atoms with van der Waals surface area (Å²) in [6.45, 7) is 4.08. The second-order valence-corrected chi connectivity index (χ2v) is 7.04. The molecule has 0 spiro atoms. The minimum atomic E-state index is -0.867. The van der Waals surface area contributed by atoms with Crippen LogP contribution >= 0.6 is 0 Å². The number of nitrogens with zero attached hydrogens (tertiary/aromatic N) is 2. The second-order valence-electron chi connectivity index (χ2n) is 7.04. The van der Waals surface area contributed by atoms with E-state index in [1.807, 2.05) is 44.3 Å². The van der Waals surface area contributed by atoms with E-state index in [1.54, 1.807) is 0 Å². The molecule has 1 N–H and O–H groups in total. The van der Waals surface area contributed by atoms with Gasteiger partial charge in [0.25, 0.3) is 11.8 Å². The van der Waals surface area contributed by atoms with Gasteiger partial charge in [0.05, 0.1) is 5.69 Å². The third-order valence-electron chi connectivity index (χ3n) is 4.81. The summed E-state index contributed by atoms with van der Waals surface area (Å²) in [7, 11) is 0. The van der Waals surface area contributed by atoms with E-state index in [9.17, 15) is 18.8 Å². The molecule has 1 fully saturated rings. The van der Waals surface area contributed by atoms with Crippen molar-refractivity contribution in [3.63, 3.8) is 0 Å². The Balaban J connectivity index is 1.82. The Morgan fingerprint density at radius 1 is 1.00 bits per heavy atom. The van der Waals surface area contributed by atoms with Gasteiger partial charge in [-0.1, -0.05) is 18.2 Å². The van der Waals surface area contributed by atoms with E-state index >= 15 is 0 Å². The number of aromatic nitrogens is 1. The first-order chi connectivity index (χ1) is 13.9. The maximum Gasteiger partial charge on any atom is 0.335 e. The van der Waals surface area contributed by atoms with E-state index in [4.69, 9.17) is 0 Å². The van der Waals surface area contributed by atoms with E-state index in [0.29, 0.717) is 5.56 Å². The molecule has 0 aliphatic carbocycles. The molecule has 2 aromatic carbocycles. The minimum absolute atomic E-state index is 0.166. The molecule has 2 heterocycles. The predicted molar refractivity (Wildman–Crippen MR) is 108 cm³/mol. The molecule has 0 bridgehead atoms. The maximum absolute atomic E-state index is 13.2. The first-order valence-electron chi connectivity index (χ1n) is 9.13. The lowest BCUT2D eigenvalue weighted by atomic mass is 10.1. The molecule has 0 saturated carbocycles. The minimum Gasteiger partial charge on any atom is -0.344 e. The molecular formula is C22H18FN3O3. The Bertz CT molecular complexity index is 1180. The molecule has 1 aliphatic rings. The van der Waals surface area contributed by atoms with Gasteiger partial charge in [0.2, 0.25) is 0 Å². The van der Waals surface area contributed by atoms with Crippen molar-refractivity contribution in [1.29, 1.82) is 0 Å². The Morgan fingerprint density at radius 3 is 2.38 bits per heavy atom. The summed E-state index contributed by atoms with van der Waals surface area (Å²) < 4.78 is 15.3. The highest BCUT2D eigenvalue weighted by Gasteiger charge is 2.37. The highest BCUT2D eigenvalue weighted by Crippen LogP contribution is 2.28. The number of urea groups is 1. The standard InChI is InChI=1S/C22H18FN3O3/c1-13(2)25-12-14(17-5-3-4-6-19(17)25)11-18-20(27)24-22(29)26(21(18)28)16-9-7-15(23)8-10-16/h3-13H,1-2H3,(H,24,27,29)/b18-11+. The number of hydrogen-bond acceptors (Lipinski definition) is 3. The van der Waals surface area contributed by atoms with Gasteiger partial charge >= 0.3 is 6.03 Å². The Kier molecular flexibility index (Phi) is 4.50. The van der Waals surface area contributed by atoms with Gasteiger partial charge in [-0.25, -0.2) is 14.1 Å². The first-order valence-corrected chi connectivity index (χ1v) is 9.13. The Morgan fingerprint density at radius 2 is 1.69 bits per heavy atom. The zero-order valence-corrected chi connectivity index (χ0v) is 15.8. The monoisotopic (exact) mass is 391 g/mol. The zero-order valence-electron chi connectivity index (χ0n) is 15.8. The van der Waals surface area contributed by atoms with Crippen molar-refractivity contribution in [2.45, 2.75) is 19.9 Å². The summed E-state index contributed by atoms with van der Waals surface area (Å²) in [4.78, 5) is 38.5. The van der Waals surface area contributed by atoms with Crippen LogP contribution in [0.3, 0.4) is 0 Å². The predicted octanol–water partition coefficient (Wildman–Crippen LogP) is 4.03. The number of amides is 4. The molecular weight excluding hydrogens is 373 g/mol. The van der Waals surface area contributed by atoms with Gasteiger partial charge in [-0.3, -0.25) is 14.9 Å². The molecule has 4 amide bonds. The molecule has 3 aromatic rings. The lowest BCUT2D eigenvalue weighted by Gasteiger charge is -2.26. The summed E-state index contributed by atoms with van der Waals surface area (Å²) in [6.07, 6.45) is 3.36. The average molecular weight is 391 g/mol. The van der Waals surface area contributed by atoms with Gasteiger partial charge in [-0.2, -0.15) is 0 Å². The van der Waals surface area contributed by atoms with E-state index in [1.165, 1.54) is 18.2 Å². The summed E-state index contributed by atoms with van der Waals surface area (Å²) in [6, 6.07) is 11.9. The highest BCUT2D eigenvalue weighted by atomic mass is 19.1. The first kappa shape index (κ1) is 18.6. The van der Waals surface area contributed by atoms with E-state index < -0.39 is 23.7 Å². The molecule has 1 aliphatic heterocycles. The number of barbiturate groups is 1. The van der Waals surface area contributed by atoms with Crippen molar-refractivity contribution in [3.8, 4) is 0 Å². The van der Waals surface area contributed by atoms with Crippen LogP contribution in [0.2, 0.25) is 0 Å². The maximum atomic E-state index is 13.2.